The zero-order valence-corrected chi connectivity index (χ0v) is 10.9. The van der Waals surface area contributed by atoms with Gasteiger partial charge in [-0.05, 0) is 19.5 Å². The molecule has 0 aliphatic heterocycles. The first kappa shape index (κ1) is 15.3. The van der Waals surface area contributed by atoms with Crippen LogP contribution in [0, 0.1) is 5.41 Å². The summed E-state index contributed by atoms with van der Waals surface area (Å²) in [6, 6.07) is 0. The van der Waals surface area contributed by atoms with E-state index < -0.39 is 0 Å². The van der Waals surface area contributed by atoms with Gasteiger partial charge in [-0.3, -0.25) is 4.79 Å². The van der Waals surface area contributed by atoms with Gasteiger partial charge in [-0.15, -0.1) is 0 Å². The van der Waals surface area contributed by atoms with Crippen molar-refractivity contribution in [1.82, 2.24) is 10.2 Å². The van der Waals surface area contributed by atoms with E-state index in [0.29, 0.717) is 19.7 Å². The van der Waals surface area contributed by atoms with Crippen molar-refractivity contribution in [3.8, 4) is 0 Å². The summed E-state index contributed by atoms with van der Waals surface area (Å²) in [5, 5.41) is 2.86. The van der Waals surface area contributed by atoms with Gasteiger partial charge in [0.05, 0.1) is 6.61 Å². The standard InChI is InChI=1S/C11H25N3O2/c1-11(2,9-14(3)4)8-13-10(15)7-16-6-5-12/h5-9,12H2,1-4H3,(H,13,15). The summed E-state index contributed by atoms with van der Waals surface area (Å²) in [4.78, 5) is 13.5. The molecule has 0 aromatic rings. The zero-order valence-electron chi connectivity index (χ0n) is 10.9. The second-order valence-corrected chi connectivity index (χ2v) is 5.02. The second-order valence-electron chi connectivity index (χ2n) is 5.02. The molecule has 16 heavy (non-hydrogen) atoms. The average Bonchev–Trinajstić information content (AvgIpc) is 2.13. The highest BCUT2D eigenvalue weighted by Crippen LogP contribution is 2.13. The number of ether oxygens (including phenoxy) is 1. The molecule has 0 atom stereocenters. The molecule has 96 valence electrons. The molecule has 0 aromatic carbocycles. The Morgan fingerprint density at radius 2 is 2.06 bits per heavy atom. The lowest BCUT2D eigenvalue weighted by Crippen LogP contribution is -2.41. The van der Waals surface area contributed by atoms with E-state index in [0.717, 1.165) is 6.54 Å². The molecule has 1 amide bonds. The van der Waals surface area contributed by atoms with Crippen molar-refractivity contribution in [2.24, 2.45) is 11.1 Å². The molecule has 0 bridgehead atoms. The predicted octanol–water partition coefficient (Wildman–Crippen LogP) is -0.334. The lowest BCUT2D eigenvalue weighted by atomic mass is 9.93. The van der Waals surface area contributed by atoms with Crippen LogP contribution in [0.1, 0.15) is 13.8 Å². The summed E-state index contributed by atoms with van der Waals surface area (Å²) in [6.45, 7) is 6.78. The molecule has 0 aliphatic rings. The number of hydrogen-bond donors (Lipinski definition) is 2. The maximum absolute atomic E-state index is 11.4. The Morgan fingerprint density at radius 1 is 1.44 bits per heavy atom. The van der Waals surface area contributed by atoms with Gasteiger partial charge >= 0.3 is 0 Å². The van der Waals surface area contributed by atoms with Gasteiger partial charge in [0.15, 0.2) is 0 Å². The van der Waals surface area contributed by atoms with E-state index in [1.54, 1.807) is 0 Å². The number of nitrogens with two attached hydrogens (primary N) is 1. The van der Waals surface area contributed by atoms with Crippen LogP contribution in [0.25, 0.3) is 0 Å². The first-order valence-corrected chi connectivity index (χ1v) is 5.56. The van der Waals surface area contributed by atoms with Crippen molar-refractivity contribution in [1.29, 1.82) is 0 Å². The summed E-state index contributed by atoms with van der Waals surface area (Å²) in [7, 11) is 4.04. The van der Waals surface area contributed by atoms with E-state index in [9.17, 15) is 4.79 Å². The monoisotopic (exact) mass is 231 g/mol. The van der Waals surface area contributed by atoms with E-state index in [-0.39, 0.29) is 17.9 Å². The third-order valence-electron chi connectivity index (χ3n) is 2.00. The van der Waals surface area contributed by atoms with Crippen LogP contribution in [0.2, 0.25) is 0 Å². The summed E-state index contributed by atoms with van der Waals surface area (Å²) >= 11 is 0. The lowest BCUT2D eigenvalue weighted by molar-refractivity contribution is -0.126. The Kier molecular flexibility index (Phi) is 7.29. The van der Waals surface area contributed by atoms with Crippen LogP contribution in [0.4, 0.5) is 0 Å². The minimum Gasteiger partial charge on any atom is -0.370 e. The van der Waals surface area contributed by atoms with Crippen LogP contribution in [-0.4, -0.2) is 57.8 Å². The first-order chi connectivity index (χ1) is 7.37. The normalized spacial score (nSPS) is 11.9. The van der Waals surface area contributed by atoms with Crippen LogP contribution in [-0.2, 0) is 9.53 Å². The molecular formula is C11H25N3O2. The summed E-state index contributed by atoms with van der Waals surface area (Å²) in [5.74, 6) is -0.0831. The van der Waals surface area contributed by atoms with Crippen molar-refractivity contribution >= 4 is 5.91 Å². The maximum Gasteiger partial charge on any atom is 0.246 e. The lowest BCUT2D eigenvalue weighted by Gasteiger charge is -2.28. The highest BCUT2D eigenvalue weighted by molar-refractivity contribution is 5.77. The van der Waals surface area contributed by atoms with E-state index in [4.69, 9.17) is 10.5 Å². The highest BCUT2D eigenvalue weighted by Gasteiger charge is 2.19. The predicted molar refractivity (Wildman–Crippen MR) is 65.2 cm³/mol. The molecule has 0 saturated carbocycles. The number of hydrogen-bond acceptors (Lipinski definition) is 4. The topological polar surface area (TPSA) is 67.6 Å². The second kappa shape index (κ2) is 7.60. The minimum atomic E-state index is -0.0831. The van der Waals surface area contributed by atoms with Gasteiger partial charge in [-0.1, -0.05) is 13.8 Å². The molecule has 5 heteroatoms. The van der Waals surface area contributed by atoms with Gasteiger partial charge in [0.25, 0.3) is 0 Å². The number of amides is 1. The minimum absolute atomic E-state index is 0.0625. The van der Waals surface area contributed by atoms with Gasteiger partial charge in [0, 0.05) is 19.6 Å². The average molecular weight is 231 g/mol. The summed E-state index contributed by atoms with van der Waals surface area (Å²) in [5.41, 5.74) is 5.31. The van der Waals surface area contributed by atoms with E-state index in [1.807, 2.05) is 14.1 Å². The fraction of sp³-hybridized carbons (Fsp3) is 0.909. The van der Waals surface area contributed by atoms with Crippen molar-refractivity contribution in [3.63, 3.8) is 0 Å². The van der Waals surface area contributed by atoms with Gasteiger partial charge in [0.2, 0.25) is 5.91 Å². The molecule has 0 saturated heterocycles. The fourth-order valence-electron chi connectivity index (χ4n) is 1.55. The summed E-state index contributed by atoms with van der Waals surface area (Å²) in [6.07, 6.45) is 0. The largest absolute Gasteiger partial charge is 0.370 e. The Morgan fingerprint density at radius 3 is 2.56 bits per heavy atom. The number of carbonyl (C=O) groups is 1. The third-order valence-corrected chi connectivity index (χ3v) is 2.00. The molecule has 0 radical (unpaired) electrons. The van der Waals surface area contributed by atoms with Gasteiger partial charge in [0.1, 0.15) is 6.61 Å². The Hall–Kier alpha value is -0.650. The van der Waals surface area contributed by atoms with Gasteiger partial charge in [-0.2, -0.15) is 0 Å². The summed E-state index contributed by atoms with van der Waals surface area (Å²) < 4.78 is 5.04. The molecule has 3 N–H and O–H groups in total. The van der Waals surface area contributed by atoms with E-state index >= 15 is 0 Å². The molecule has 0 fully saturated rings. The van der Waals surface area contributed by atoms with Crippen molar-refractivity contribution in [2.45, 2.75) is 13.8 Å². The molecular weight excluding hydrogens is 206 g/mol. The van der Waals surface area contributed by atoms with Gasteiger partial charge in [-0.25, -0.2) is 0 Å². The molecule has 0 unspecified atom stereocenters. The quantitative estimate of drug-likeness (QED) is 0.561. The van der Waals surface area contributed by atoms with Crippen LogP contribution in [0.5, 0.6) is 0 Å². The van der Waals surface area contributed by atoms with Crippen molar-refractivity contribution in [2.75, 3.05) is 46.9 Å². The maximum atomic E-state index is 11.4. The van der Waals surface area contributed by atoms with Crippen molar-refractivity contribution in [3.05, 3.63) is 0 Å². The number of nitrogens with zero attached hydrogens (tertiary/aromatic N) is 1. The van der Waals surface area contributed by atoms with Crippen molar-refractivity contribution < 1.29 is 9.53 Å². The fourth-order valence-corrected chi connectivity index (χ4v) is 1.55. The zero-order chi connectivity index (χ0) is 12.6. The highest BCUT2D eigenvalue weighted by atomic mass is 16.5. The molecule has 0 aromatic heterocycles. The molecule has 5 nitrogen and oxygen atoms in total. The van der Waals surface area contributed by atoms with Crippen LogP contribution < -0.4 is 11.1 Å². The molecule has 0 aliphatic carbocycles. The molecule has 0 heterocycles. The SMILES string of the molecule is CN(C)CC(C)(C)CNC(=O)COCCN. The van der Waals surface area contributed by atoms with Crippen LogP contribution in [0.15, 0.2) is 0 Å². The number of carbonyl (C=O) groups excluding carboxylic acids is 1. The number of nitrogens with one attached hydrogen (secondary N) is 1. The molecule has 0 rings (SSSR count). The number of rotatable bonds is 8. The van der Waals surface area contributed by atoms with Crippen LogP contribution in [0.3, 0.4) is 0 Å². The Bertz CT molecular complexity index is 205. The first-order valence-electron chi connectivity index (χ1n) is 5.56. The van der Waals surface area contributed by atoms with E-state index in [2.05, 4.69) is 24.1 Å². The Balaban J connectivity index is 3.72. The van der Waals surface area contributed by atoms with Gasteiger partial charge < -0.3 is 20.7 Å². The third kappa shape index (κ3) is 8.64. The smallest absolute Gasteiger partial charge is 0.246 e. The Labute approximate surface area is 98.3 Å². The van der Waals surface area contributed by atoms with Crippen LogP contribution >= 0.6 is 0 Å². The van der Waals surface area contributed by atoms with E-state index in [1.165, 1.54) is 0 Å². The molecule has 0 spiro atoms.